The maximum atomic E-state index is 11.2. The van der Waals surface area contributed by atoms with Crippen molar-refractivity contribution in [3.63, 3.8) is 0 Å². The summed E-state index contributed by atoms with van der Waals surface area (Å²) in [5, 5.41) is 0. The summed E-state index contributed by atoms with van der Waals surface area (Å²) in [5.74, 6) is 0.440. The Hall–Kier alpha value is -0.276. The van der Waals surface area contributed by atoms with Crippen LogP contribution in [0.2, 0.25) is 0 Å². The number of nitrogens with zero attached hydrogens (tertiary/aromatic N) is 1. The Morgan fingerprint density at radius 1 is 1.57 bits per heavy atom. The van der Waals surface area contributed by atoms with Crippen molar-refractivity contribution in [2.45, 2.75) is 40.7 Å². The SMILES string of the molecule is CC.C[C](=[V])N1C(=O)OC[C@@H]1C(C)C. The van der Waals surface area contributed by atoms with Gasteiger partial charge in [-0.3, -0.25) is 0 Å². The van der Waals surface area contributed by atoms with Gasteiger partial charge in [-0.25, -0.2) is 0 Å². The molecule has 0 aromatic heterocycles. The van der Waals surface area contributed by atoms with Crippen molar-refractivity contribution < 1.29 is 26.5 Å². The van der Waals surface area contributed by atoms with Crippen molar-refractivity contribution in [1.29, 1.82) is 0 Å². The number of cyclic esters (lactones) is 1. The Bertz CT molecular complexity index is 216. The zero-order chi connectivity index (χ0) is 11.3. The van der Waals surface area contributed by atoms with E-state index in [1.807, 2.05) is 20.8 Å². The minimum absolute atomic E-state index is 0.209. The van der Waals surface area contributed by atoms with Gasteiger partial charge in [0.05, 0.1) is 0 Å². The number of carbonyl (C=O) groups is 1. The Morgan fingerprint density at radius 3 is 2.36 bits per heavy atom. The van der Waals surface area contributed by atoms with Crippen molar-refractivity contribution in [3.05, 3.63) is 0 Å². The van der Waals surface area contributed by atoms with Gasteiger partial charge in [-0.15, -0.1) is 0 Å². The van der Waals surface area contributed by atoms with E-state index in [-0.39, 0.29) is 12.1 Å². The van der Waals surface area contributed by atoms with Crippen molar-refractivity contribution in [2.75, 3.05) is 6.61 Å². The summed E-state index contributed by atoms with van der Waals surface area (Å²) >= 11 is 2.39. The quantitative estimate of drug-likeness (QED) is 0.735. The topological polar surface area (TPSA) is 29.5 Å². The van der Waals surface area contributed by atoms with Gasteiger partial charge in [0.1, 0.15) is 0 Å². The average Bonchev–Trinajstić information content (AvgIpc) is 2.50. The van der Waals surface area contributed by atoms with E-state index in [4.69, 9.17) is 4.74 Å². The van der Waals surface area contributed by atoms with Gasteiger partial charge in [0.25, 0.3) is 0 Å². The summed E-state index contributed by atoms with van der Waals surface area (Å²) in [7, 11) is 0. The molecule has 0 aromatic rings. The van der Waals surface area contributed by atoms with Crippen LogP contribution < -0.4 is 0 Å². The molecule has 1 atom stereocenters. The van der Waals surface area contributed by atoms with Gasteiger partial charge in [-0.1, -0.05) is 13.8 Å². The molecule has 0 N–H and O–H groups in total. The fourth-order valence-electron chi connectivity index (χ4n) is 1.30. The van der Waals surface area contributed by atoms with Crippen LogP contribution in [0.4, 0.5) is 4.79 Å². The molecule has 1 amide bonds. The van der Waals surface area contributed by atoms with E-state index >= 15 is 0 Å². The van der Waals surface area contributed by atoms with Crippen molar-refractivity contribution in [1.82, 2.24) is 4.90 Å². The van der Waals surface area contributed by atoms with E-state index in [9.17, 15) is 4.79 Å². The number of ether oxygens (including phenoxy) is 1. The molecule has 1 heterocycles. The first-order chi connectivity index (χ1) is 6.54. The number of carbonyl (C=O) groups excluding carboxylic acids is 1. The Kier molecular flexibility index (Phi) is 6.13. The third kappa shape index (κ3) is 3.14. The molecular formula is C10H19NO2V. The van der Waals surface area contributed by atoms with E-state index in [0.717, 1.165) is 4.35 Å². The van der Waals surface area contributed by atoms with E-state index in [2.05, 4.69) is 30.8 Å². The first-order valence-corrected chi connectivity index (χ1v) is 5.72. The third-order valence-electron chi connectivity index (χ3n) is 2.02. The molecule has 0 aliphatic carbocycles. The molecule has 0 radical (unpaired) electrons. The monoisotopic (exact) mass is 236 g/mol. The predicted molar refractivity (Wildman–Crippen MR) is 53.8 cm³/mol. The fraction of sp³-hybridized carbons (Fsp3) is 0.800. The molecule has 1 fully saturated rings. The summed E-state index contributed by atoms with van der Waals surface area (Å²) in [6.07, 6.45) is -0.216. The molecule has 1 aliphatic heterocycles. The van der Waals surface area contributed by atoms with Crippen LogP contribution in [0, 0.1) is 5.92 Å². The van der Waals surface area contributed by atoms with Crippen LogP contribution in [0.1, 0.15) is 34.6 Å². The van der Waals surface area contributed by atoms with Gasteiger partial charge in [0.2, 0.25) is 0 Å². The molecule has 14 heavy (non-hydrogen) atoms. The van der Waals surface area contributed by atoms with E-state index in [1.54, 1.807) is 4.90 Å². The van der Waals surface area contributed by atoms with Gasteiger partial charge in [0, 0.05) is 0 Å². The molecule has 0 unspecified atom stereocenters. The number of hydrogen-bond donors (Lipinski definition) is 0. The summed E-state index contributed by atoms with van der Waals surface area (Å²) in [6.45, 7) is 10.6. The zero-order valence-corrected chi connectivity index (χ0v) is 11.0. The number of hydrogen-bond acceptors (Lipinski definition) is 2. The summed E-state index contributed by atoms with van der Waals surface area (Å²) in [4.78, 5) is 12.9. The molecule has 4 heteroatoms. The third-order valence-corrected chi connectivity index (χ3v) is 2.36. The molecule has 1 aliphatic rings. The number of rotatable bonds is 2. The second-order valence-corrected chi connectivity index (χ2v) is 4.32. The normalized spacial score (nSPS) is 20.2. The van der Waals surface area contributed by atoms with Crippen LogP contribution in [0.5, 0.6) is 0 Å². The molecule has 1 saturated heterocycles. The molecule has 1 rings (SSSR count). The molecule has 0 saturated carbocycles. The molecule has 81 valence electrons. The van der Waals surface area contributed by atoms with Gasteiger partial charge in [0.15, 0.2) is 0 Å². The number of amides is 1. The Balaban J connectivity index is 0.000000791. The van der Waals surface area contributed by atoms with Crippen LogP contribution >= 0.6 is 0 Å². The second kappa shape index (κ2) is 6.25. The van der Waals surface area contributed by atoms with Gasteiger partial charge in [-0.2, -0.15) is 0 Å². The average molecular weight is 236 g/mol. The van der Waals surface area contributed by atoms with E-state index in [0.29, 0.717) is 12.5 Å². The Labute approximate surface area is 95.3 Å². The fourth-order valence-corrected chi connectivity index (χ4v) is 1.66. The van der Waals surface area contributed by atoms with Gasteiger partial charge >= 0.3 is 81.2 Å². The Morgan fingerprint density at radius 2 is 2.07 bits per heavy atom. The van der Waals surface area contributed by atoms with Gasteiger partial charge in [-0.05, 0) is 0 Å². The zero-order valence-electron chi connectivity index (χ0n) is 9.57. The van der Waals surface area contributed by atoms with Crippen LogP contribution in [-0.4, -0.2) is 28.0 Å². The summed E-state index contributed by atoms with van der Waals surface area (Å²) < 4.78 is 5.90. The van der Waals surface area contributed by atoms with E-state index < -0.39 is 0 Å². The second-order valence-electron chi connectivity index (χ2n) is 3.31. The molecule has 0 spiro atoms. The van der Waals surface area contributed by atoms with Gasteiger partial charge < -0.3 is 0 Å². The van der Waals surface area contributed by atoms with E-state index in [1.165, 1.54) is 0 Å². The van der Waals surface area contributed by atoms with Crippen LogP contribution in [0.25, 0.3) is 0 Å². The first kappa shape index (κ1) is 13.7. The summed E-state index contributed by atoms with van der Waals surface area (Å²) in [5.41, 5.74) is 0. The molecule has 0 aromatic carbocycles. The maximum absolute atomic E-state index is 11.2. The molecule has 3 nitrogen and oxygen atoms in total. The first-order valence-electron chi connectivity index (χ1n) is 5.02. The predicted octanol–water partition coefficient (Wildman–Crippen LogP) is 2.19. The standard InChI is InChI=1S/C8H13NO2.C2H6.V/c1-4-9-7(6(2)3)5-11-8(9)10;1-2;/h6-7H,5H2,1-3H3;1-2H3;/t7-;;/m1../s1. The minimum atomic E-state index is -0.216. The van der Waals surface area contributed by atoms with Crippen molar-refractivity contribution >= 4 is 10.4 Å². The van der Waals surface area contributed by atoms with Crippen molar-refractivity contribution in [3.8, 4) is 0 Å². The summed E-state index contributed by atoms with van der Waals surface area (Å²) in [6, 6.07) is 0.209. The van der Waals surface area contributed by atoms with Crippen LogP contribution in [0.3, 0.4) is 0 Å². The van der Waals surface area contributed by atoms with Crippen LogP contribution in [-0.2, 0) is 21.7 Å². The molecular weight excluding hydrogens is 217 g/mol. The van der Waals surface area contributed by atoms with Crippen molar-refractivity contribution in [2.24, 2.45) is 5.92 Å². The molecule has 0 bridgehead atoms. The van der Waals surface area contributed by atoms with Crippen LogP contribution in [0.15, 0.2) is 0 Å².